The van der Waals surface area contributed by atoms with Crippen LogP contribution in [0.25, 0.3) is 31.2 Å². The van der Waals surface area contributed by atoms with E-state index in [2.05, 4.69) is 21.0 Å². The van der Waals surface area contributed by atoms with E-state index < -0.39 is 0 Å². The molecule has 0 bridgehead atoms. The van der Waals surface area contributed by atoms with Crippen molar-refractivity contribution in [3.8, 4) is 0 Å². The van der Waals surface area contributed by atoms with Gasteiger partial charge in [-0.25, -0.2) is 0 Å². The Kier molecular flexibility index (Phi) is 1.44. The van der Waals surface area contributed by atoms with Crippen molar-refractivity contribution >= 4 is 42.5 Å². The molecule has 3 nitrogen and oxygen atoms in total. The molecule has 0 radical (unpaired) electrons. The van der Waals surface area contributed by atoms with Crippen LogP contribution in [0.3, 0.4) is 0 Å². The van der Waals surface area contributed by atoms with Crippen LogP contribution >= 0.6 is 11.3 Å². The number of rotatable bonds is 0. The fourth-order valence-electron chi connectivity index (χ4n) is 2.13. The molecule has 0 atom stereocenters. The van der Waals surface area contributed by atoms with Crippen LogP contribution in [0.4, 0.5) is 0 Å². The van der Waals surface area contributed by atoms with Gasteiger partial charge in [-0.1, -0.05) is 0 Å². The number of thiophene rings is 1. The molecule has 0 saturated carbocycles. The number of aromatic amines is 1. The van der Waals surface area contributed by atoms with E-state index in [1.807, 2.05) is 30.9 Å². The third kappa shape index (κ3) is 0.919. The van der Waals surface area contributed by atoms with Crippen LogP contribution in [-0.2, 0) is 0 Å². The summed E-state index contributed by atoms with van der Waals surface area (Å²) >= 11 is 1.74. The molecule has 0 aliphatic rings. The Morgan fingerprint density at radius 3 is 2.88 bits per heavy atom. The lowest BCUT2D eigenvalue weighted by molar-refractivity contribution is 1.36. The Balaban J connectivity index is 2.38. The Hall–Kier alpha value is -1.94. The first-order valence-corrected chi connectivity index (χ1v) is 5.83. The van der Waals surface area contributed by atoms with Crippen molar-refractivity contribution in [2.45, 2.75) is 0 Å². The molecule has 0 unspecified atom stereocenters. The van der Waals surface area contributed by atoms with Gasteiger partial charge in [-0.3, -0.25) is 9.97 Å². The molecule has 0 aliphatic carbocycles. The van der Waals surface area contributed by atoms with Gasteiger partial charge >= 0.3 is 0 Å². The van der Waals surface area contributed by atoms with Gasteiger partial charge in [-0.05, 0) is 12.1 Å². The van der Waals surface area contributed by atoms with Crippen molar-refractivity contribution in [3.05, 3.63) is 36.9 Å². The topological polar surface area (TPSA) is 41.6 Å². The zero-order valence-corrected chi connectivity index (χ0v) is 9.08. The van der Waals surface area contributed by atoms with E-state index in [9.17, 15) is 0 Å². The minimum atomic E-state index is 1.15. The second-order valence-corrected chi connectivity index (χ2v) is 4.78. The number of nitrogens with zero attached hydrogens (tertiary/aromatic N) is 2. The van der Waals surface area contributed by atoms with E-state index >= 15 is 0 Å². The number of hydrogen-bond acceptors (Lipinski definition) is 3. The van der Waals surface area contributed by atoms with Gasteiger partial charge in [0.15, 0.2) is 0 Å². The van der Waals surface area contributed by atoms with Gasteiger partial charge < -0.3 is 4.98 Å². The second kappa shape index (κ2) is 2.80. The SMILES string of the molecule is c1cc2c(cn1)sc1[nH]c3ccncc3c12. The predicted octanol–water partition coefficient (Wildman–Crippen LogP) is 3.33. The van der Waals surface area contributed by atoms with E-state index in [4.69, 9.17) is 0 Å². The lowest BCUT2D eigenvalue weighted by atomic mass is 10.2. The monoisotopic (exact) mass is 225 g/mol. The minimum Gasteiger partial charge on any atom is -0.346 e. The summed E-state index contributed by atoms with van der Waals surface area (Å²) in [7, 11) is 0. The van der Waals surface area contributed by atoms with Crippen LogP contribution in [0.5, 0.6) is 0 Å². The molecule has 0 fully saturated rings. The molecule has 0 aliphatic heterocycles. The third-order valence-electron chi connectivity index (χ3n) is 2.83. The fourth-order valence-corrected chi connectivity index (χ4v) is 3.23. The van der Waals surface area contributed by atoms with Crippen LogP contribution in [0.15, 0.2) is 36.9 Å². The van der Waals surface area contributed by atoms with Gasteiger partial charge in [0.2, 0.25) is 0 Å². The summed E-state index contributed by atoms with van der Waals surface area (Å²) in [6.07, 6.45) is 7.48. The maximum Gasteiger partial charge on any atom is 0.102 e. The van der Waals surface area contributed by atoms with Crippen LogP contribution in [0, 0.1) is 0 Å². The standard InChI is InChI=1S/C12H7N3S/c1-3-14-6-10-7(1)11-8-5-13-4-2-9(8)15-12(11)16-10/h1-6,15H. The van der Waals surface area contributed by atoms with Crippen LogP contribution < -0.4 is 0 Å². The lowest BCUT2D eigenvalue weighted by Gasteiger charge is -1.90. The smallest absolute Gasteiger partial charge is 0.102 e. The zero-order valence-electron chi connectivity index (χ0n) is 8.27. The largest absolute Gasteiger partial charge is 0.346 e. The molecular formula is C12H7N3S. The summed E-state index contributed by atoms with van der Waals surface area (Å²) in [6, 6.07) is 4.07. The Bertz CT molecular complexity index is 747. The summed E-state index contributed by atoms with van der Waals surface area (Å²) in [4.78, 5) is 13.0. The normalized spacial score (nSPS) is 11.8. The molecule has 0 saturated heterocycles. The van der Waals surface area contributed by atoms with Gasteiger partial charge in [0.1, 0.15) is 4.83 Å². The van der Waals surface area contributed by atoms with Crippen molar-refractivity contribution in [3.63, 3.8) is 0 Å². The zero-order chi connectivity index (χ0) is 10.5. The van der Waals surface area contributed by atoms with Gasteiger partial charge in [0.25, 0.3) is 0 Å². The fraction of sp³-hybridized carbons (Fsp3) is 0. The van der Waals surface area contributed by atoms with E-state index in [1.54, 1.807) is 11.3 Å². The average Bonchev–Trinajstić information content (AvgIpc) is 2.83. The molecule has 4 rings (SSSR count). The number of hydrogen-bond donors (Lipinski definition) is 1. The summed E-state index contributed by atoms with van der Waals surface area (Å²) in [5.41, 5.74) is 1.15. The first kappa shape index (κ1) is 8.24. The highest BCUT2D eigenvalue weighted by atomic mass is 32.1. The molecule has 76 valence electrons. The second-order valence-electron chi connectivity index (χ2n) is 3.72. The van der Waals surface area contributed by atoms with Gasteiger partial charge in [-0.2, -0.15) is 0 Å². The first-order chi connectivity index (χ1) is 7.93. The van der Waals surface area contributed by atoms with Crippen LogP contribution in [-0.4, -0.2) is 15.0 Å². The van der Waals surface area contributed by atoms with Crippen LogP contribution in [0.1, 0.15) is 0 Å². The molecule has 4 aromatic rings. The third-order valence-corrected chi connectivity index (χ3v) is 3.89. The lowest BCUT2D eigenvalue weighted by Crippen LogP contribution is -1.71. The highest BCUT2D eigenvalue weighted by Crippen LogP contribution is 2.37. The minimum absolute atomic E-state index is 1.15. The first-order valence-electron chi connectivity index (χ1n) is 5.01. The van der Waals surface area contributed by atoms with Crippen molar-refractivity contribution in [1.29, 1.82) is 0 Å². The van der Waals surface area contributed by atoms with E-state index in [-0.39, 0.29) is 0 Å². The summed E-state index contributed by atoms with van der Waals surface area (Å²) in [5, 5.41) is 3.72. The average molecular weight is 225 g/mol. The molecule has 1 N–H and O–H groups in total. The van der Waals surface area contributed by atoms with Crippen molar-refractivity contribution in [2.24, 2.45) is 0 Å². The van der Waals surface area contributed by atoms with Gasteiger partial charge in [-0.15, -0.1) is 11.3 Å². The number of aromatic nitrogens is 3. The van der Waals surface area contributed by atoms with E-state index in [0.29, 0.717) is 0 Å². The van der Waals surface area contributed by atoms with Gasteiger partial charge in [0.05, 0.1) is 10.2 Å². The van der Waals surface area contributed by atoms with Crippen molar-refractivity contribution in [2.75, 3.05) is 0 Å². The summed E-state index contributed by atoms with van der Waals surface area (Å²) in [5.74, 6) is 0. The van der Waals surface area contributed by atoms with E-state index in [1.165, 1.54) is 25.7 Å². The Morgan fingerprint density at radius 1 is 1.00 bits per heavy atom. The Labute approximate surface area is 94.8 Å². The number of pyridine rings is 2. The molecular weight excluding hydrogens is 218 g/mol. The quantitative estimate of drug-likeness (QED) is 0.498. The number of H-pyrrole nitrogens is 1. The molecule has 4 heteroatoms. The Morgan fingerprint density at radius 2 is 1.88 bits per heavy atom. The molecule has 0 spiro atoms. The maximum atomic E-state index is 4.19. The highest BCUT2D eigenvalue weighted by Gasteiger charge is 2.10. The maximum absolute atomic E-state index is 4.19. The molecule has 0 amide bonds. The molecule has 4 heterocycles. The highest BCUT2D eigenvalue weighted by molar-refractivity contribution is 7.25. The van der Waals surface area contributed by atoms with Crippen LogP contribution in [0.2, 0.25) is 0 Å². The van der Waals surface area contributed by atoms with Crippen molar-refractivity contribution < 1.29 is 0 Å². The van der Waals surface area contributed by atoms with Crippen molar-refractivity contribution in [1.82, 2.24) is 15.0 Å². The molecule has 16 heavy (non-hydrogen) atoms. The van der Waals surface area contributed by atoms with Gasteiger partial charge in [0, 0.05) is 40.9 Å². The summed E-state index contributed by atoms with van der Waals surface area (Å²) in [6.45, 7) is 0. The molecule has 0 aromatic carbocycles. The summed E-state index contributed by atoms with van der Waals surface area (Å²) < 4.78 is 1.22. The number of nitrogens with one attached hydrogen (secondary N) is 1. The predicted molar refractivity (Wildman–Crippen MR) is 66.8 cm³/mol. The van der Waals surface area contributed by atoms with E-state index in [0.717, 1.165) is 5.52 Å². The number of fused-ring (bicyclic) bond motifs is 5. The molecule has 4 aromatic heterocycles.